The fraction of sp³-hybridized carbons (Fsp3) is 0.125. The van der Waals surface area contributed by atoms with Gasteiger partial charge in [-0.25, -0.2) is 5.48 Å². The van der Waals surface area contributed by atoms with E-state index in [1.807, 2.05) is 0 Å². The Balaban J connectivity index is 3.27. The number of hydroxylamine groups is 1. The first-order valence-corrected chi connectivity index (χ1v) is 3.76. The third-order valence-corrected chi connectivity index (χ3v) is 1.85. The molecule has 0 aliphatic carbocycles. The van der Waals surface area contributed by atoms with Gasteiger partial charge in [0.05, 0.1) is 10.5 Å². The molecule has 0 saturated carbocycles. The number of carbonyl (C=O) groups is 1. The third-order valence-electron chi connectivity index (χ3n) is 1.85. The van der Waals surface area contributed by atoms with E-state index in [0.29, 0.717) is 0 Å². The number of nitrogens with one attached hydrogen (secondary N) is 1. The maximum absolute atomic E-state index is 11.0. The molecule has 0 bridgehead atoms. The molecule has 0 aliphatic heterocycles. The molecule has 1 amide bonds. The molecule has 0 atom stereocenters. The molecular formula is C8H8N2O4. The van der Waals surface area contributed by atoms with Gasteiger partial charge in [-0.15, -0.1) is 0 Å². The number of hydrogen-bond acceptors (Lipinski definition) is 4. The molecule has 0 radical (unpaired) electrons. The molecule has 0 heterocycles. The van der Waals surface area contributed by atoms with Crippen LogP contribution in [0.15, 0.2) is 18.2 Å². The molecule has 1 aromatic carbocycles. The first-order valence-electron chi connectivity index (χ1n) is 3.76. The topological polar surface area (TPSA) is 92.5 Å². The number of amides is 1. The molecule has 6 heteroatoms. The number of rotatable bonds is 2. The van der Waals surface area contributed by atoms with Crippen molar-refractivity contribution in [2.45, 2.75) is 6.92 Å². The predicted octanol–water partition coefficient (Wildman–Crippen LogP) is 1.02. The molecule has 74 valence electrons. The summed E-state index contributed by atoms with van der Waals surface area (Å²) in [5, 5.41) is 18.9. The van der Waals surface area contributed by atoms with Gasteiger partial charge in [0.25, 0.3) is 11.6 Å². The van der Waals surface area contributed by atoms with Gasteiger partial charge < -0.3 is 0 Å². The van der Waals surface area contributed by atoms with E-state index in [4.69, 9.17) is 5.21 Å². The molecule has 0 unspecified atom stereocenters. The molecular weight excluding hydrogens is 188 g/mol. The van der Waals surface area contributed by atoms with E-state index in [9.17, 15) is 14.9 Å². The number of nitro benzene ring substituents is 1. The molecule has 14 heavy (non-hydrogen) atoms. The second-order valence-electron chi connectivity index (χ2n) is 2.65. The van der Waals surface area contributed by atoms with Gasteiger partial charge >= 0.3 is 0 Å². The van der Waals surface area contributed by atoms with Gasteiger partial charge in [0.15, 0.2) is 0 Å². The van der Waals surface area contributed by atoms with Gasteiger partial charge in [-0.05, 0) is 13.0 Å². The molecule has 1 rings (SSSR count). The van der Waals surface area contributed by atoms with Crippen LogP contribution in [-0.4, -0.2) is 16.0 Å². The van der Waals surface area contributed by atoms with Crippen molar-refractivity contribution in [1.29, 1.82) is 0 Å². The van der Waals surface area contributed by atoms with Crippen LogP contribution in [0.5, 0.6) is 0 Å². The molecule has 0 saturated heterocycles. The van der Waals surface area contributed by atoms with Crippen LogP contribution in [0.1, 0.15) is 15.9 Å². The maximum Gasteiger partial charge on any atom is 0.275 e. The van der Waals surface area contributed by atoms with Crippen molar-refractivity contribution in [2.75, 3.05) is 0 Å². The second-order valence-corrected chi connectivity index (χ2v) is 2.65. The van der Waals surface area contributed by atoms with Crippen molar-refractivity contribution in [1.82, 2.24) is 5.48 Å². The molecule has 0 spiro atoms. The van der Waals surface area contributed by atoms with E-state index in [2.05, 4.69) is 0 Å². The van der Waals surface area contributed by atoms with Gasteiger partial charge in [0, 0.05) is 11.6 Å². The van der Waals surface area contributed by atoms with Gasteiger partial charge in [-0.3, -0.25) is 20.1 Å². The van der Waals surface area contributed by atoms with Crippen molar-refractivity contribution in [3.05, 3.63) is 39.4 Å². The Morgan fingerprint density at radius 3 is 2.71 bits per heavy atom. The highest BCUT2D eigenvalue weighted by Gasteiger charge is 2.16. The normalized spacial score (nSPS) is 9.57. The zero-order chi connectivity index (χ0) is 10.7. The van der Waals surface area contributed by atoms with Crippen LogP contribution in [0.25, 0.3) is 0 Å². The fourth-order valence-electron chi connectivity index (χ4n) is 1.13. The van der Waals surface area contributed by atoms with E-state index in [-0.39, 0.29) is 16.8 Å². The van der Waals surface area contributed by atoms with Crippen LogP contribution >= 0.6 is 0 Å². The van der Waals surface area contributed by atoms with Crippen LogP contribution in [-0.2, 0) is 0 Å². The predicted molar refractivity (Wildman–Crippen MR) is 47.1 cm³/mol. The van der Waals surface area contributed by atoms with E-state index in [1.54, 1.807) is 0 Å². The maximum atomic E-state index is 11.0. The summed E-state index contributed by atoms with van der Waals surface area (Å²) < 4.78 is 0. The third kappa shape index (κ3) is 1.69. The summed E-state index contributed by atoms with van der Waals surface area (Å²) in [6, 6.07) is 4.08. The van der Waals surface area contributed by atoms with Crippen molar-refractivity contribution < 1.29 is 14.9 Å². The summed E-state index contributed by atoms with van der Waals surface area (Å²) in [5.74, 6) is -0.758. The minimum Gasteiger partial charge on any atom is -0.288 e. The molecule has 1 aromatic rings. The minimum atomic E-state index is -0.758. The Kier molecular flexibility index (Phi) is 2.78. The van der Waals surface area contributed by atoms with E-state index in [0.717, 1.165) is 0 Å². The lowest BCUT2D eigenvalue weighted by Gasteiger charge is -2.03. The first-order chi connectivity index (χ1) is 6.57. The summed E-state index contributed by atoms with van der Waals surface area (Å²) in [6.07, 6.45) is 0. The lowest BCUT2D eigenvalue weighted by Crippen LogP contribution is -2.19. The highest BCUT2D eigenvalue weighted by Crippen LogP contribution is 2.20. The standard InChI is InChI=1S/C8H8N2O4/c1-5-6(8(11)9-12)3-2-4-7(5)10(13)14/h2-4,12H,1H3,(H,9,11). The monoisotopic (exact) mass is 196 g/mol. The van der Waals surface area contributed by atoms with Gasteiger partial charge in [-0.1, -0.05) is 6.07 Å². The van der Waals surface area contributed by atoms with Crippen LogP contribution in [0.2, 0.25) is 0 Å². The summed E-state index contributed by atoms with van der Waals surface area (Å²) >= 11 is 0. The van der Waals surface area contributed by atoms with E-state index < -0.39 is 10.8 Å². The van der Waals surface area contributed by atoms with Crippen LogP contribution in [0, 0.1) is 17.0 Å². The number of hydrogen-bond donors (Lipinski definition) is 2. The summed E-state index contributed by atoms with van der Waals surface area (Å²) in [5.41, 5.74) is 1.59. The van der Waals surface area contributed by atoms with Gasteiger partial charge in [0.2, 0.25) is 0 Å². The quantitative estimate of drug-likeness (QED) is 0.419. The second kappa shape index (κ2) is 3.84. The largest absolute Gasteiger partial charge is 0.288 e. The average molecular weight is 196 g/mol. The first kappa shape index (κ1) is 10.1. The van der Waals surface area contributed by atoms with Crippen LogP contribution in [0.3, 0.4) is 0 Å². The van der Waals surface area contributed by atoms with Crippen molar-refractivity contribution >= 4 is 11.6 Å². The van der Waals surface area contributed by atoms with Crippen molar-refractivity contribution in [3.63, 3.8) is 0 Å². The molecule has 0 fully saturated rings. The van der Waals surface area contributed by atoms with E-state index in [1.165, 1.54) is 30.6 Å². The molecule has 0 aliphatic rings. The Morgan fingerprint density at radius 1 is 1.57 bits per heavy atom. The summed E-state index contributed by atoms with van der Waals surface area (Å²) in [4.78, 5) is 20.9. The fourth-order valence-corrected chi connectivity index (χ4v) is 1.13. The Morgan fingerprint density at radius 2 is 2.21 bits per heavy atom. The molecule has 0 aromatic heterocycles. The lowest BCUT2D eigenvalue weighted by molar-refractivity contribution is -0.385. The molecule has 2 N–H and O–H groups in total. The van der Waals surface area contributed by atoms with Gasteiger partial charge in [-0.2, -0.15) is 0 Å². The summed E-state index contributed by atoms with van der Waals surface area (Å²) in [6.45, 7) is 1.45. The summed E-state index contributed by atoms with van der Waals surface area (Å²) in [7, 11) is 0. The van der Waals surface area contributed by atoms with Crippen molar-refractivity contribution in [2.24, 2.45) is 0 Å². The van der Waals surface area contributed by atoms with Crippen LogP contribution in [0.4, 0.5) is 5.69 Å². The molecule has 6 nitrogen and oxygen atoms in total. The van der Waals surface area contributed by atoms with Gasteiger partial charge in [0.1, 0.15) is 0 Å². The lowest BCUT2D eigenvalue weighted by atomic mass is 10.1. The minimum absolute atomic E-state index is 0.0849. The average Bonchev–Trinajstić information content (AvgIpc) is 2.16. The number of nitrogens with zero attached hydrogens (tertiary/aromatic N) is 1. The highest BCUT2D eigenvalue weighted by molar-refractivity contribution is 5.95. The van der Waals surface area contributed by atoms with Crippen molar-refractivity contribution in [3.8, 4) is 0 Å². The zero-order valence-corrected chi connectivity index (χ0v) is 7.35. The Hall–Kier alpha value is -1.95. The van der Waals surface area contributed by atoms with E-state index >= 15 is 0 Å². The number of carbonyl (C=O) groups excluding carboxylic acids is 1. The SMILES string of the molecule is Cc1c(C(=O)NO)cccc1[N+](=O)[O-]. The Bertz CT molecular complexity index is 389. The number of nitro groups is 1. The Labute approximate surface area is 79.3 Å². The van der Waals surface area contributed by atoms with Crippen LogP contribution < -0.4 is 5.48 Å². The smallest absolute Gasteiger partial charge is 0.275 e. The highest BCUT2D eigenvalue weighted by atomic mass is 16.6. The number of benzene rings is 1. The zero-order valence-electron chi connectivity index (χ0n) is 7.35.